The first-order valence-electron chi connectivity index (χ1n) is 14.7. The quantitative estimate of drug-likeness (QED) is 0.207. The van der Waals surface area contributed by atoms with E-state index in [1.807, 2.05) is 53.2 Å². The van der Waals surface area contributed by atoms with E-state index in [0.29, 0.717) is 30.8 Å². The van der Waals surface area contributed by atoms with E-state index < -0.39 is 5.79 Å². The fraction of sp³-hybridized carbons (Fsp3) is 0.333. The summed E-state index contributed by atoms with van der Waals surface area (Å²) in [5.41, 5.74) is 5.11. The number of imidazole rings is 1. The highest BCUT2D eigenvalue weighted by Crippen LogP contribution is 2.37. The Hall–Kier alpha value is -4.05. The minimum absolute atomic E-state index is 0.229. The number of nitrogens with zero attached hydrogens (tertiary/aromatic N) is 5. The van der Waals surface area contributed by atoms with Crippen molar-refractivity contribution in [2.75, 3.05) is 49.2 Å². The average Bonchev–Trinajstić information content (AvgIpc) is 3.81. The highest BCUT2D eigenvalue weighted by molar-refractivity contribution is 6.30. The van der Waals surface area contributed by atoms with Crippen LogP contribution in [0.1, 0.15) is 18.1 Å². The van der Waals surface area contributed by atoms with Crippen LogP contribution in [0.15, 0.2) is 89.9 Å². The van der Waals surface area contributed by atoms with Crippen LogP contribution in [-0.2, 0) is 28.2 Å². The zero-order valence-corrected chi connectivity index (χ0v) is 24.8. The lowest BCUT2D eigenvalue weighted by Crippen LogP contribution is -2.46. The van der Waals surface area contributed by atoms with Crippen molar-refractivity contribution < 1.29 is 18.6 Å². The van der Waals surface area contributed by atoms with Gasteiger partial charge < -0.3 is 33.0 Å². The predicted octanol–water partition coefficient (Wildman–Crippen LogP) is 5.91. The Labute approximate surface area is 255 Å². The van der Waals surface area contributed by atoms with Crippen LogP contribution in [0, 0.1) is 0 Å². The van der Waals surface area contributed by atoms with Crippen LogP contribution in [-0.4, -0.2) is 60.0 Å². The summed E-state index contributed by atoms with van der Waals surface area (Å²) in [6.45, 7) is 6.88. The van der Waals surface area contributed by atoms with Crippen LogP contribution >= 0.6 is 11.6 Å². The van der Waals surface area contributed by atoms with Crippen LogP contribution < -0.4 is 14.5 Å². The first-order valence-corrected chi connectivity index (χ1v) is 15.1. The van der Waals surface area contributed by atoms with E-state index in [4.69, 9.17) is 35.2 Å². The minimum Gasteiger partial charge on any atom is -0.491 e. The number of aromatic nitrogens is 3. The van der Waals surface area contributed by atoms with Crippen molar-refractivity contribution in [1.82, 2.24) is 14.5 Å². The molecular formula is C33H34ClN5O4. The van der Waals surface area contributed by atoms with Crippen molar-refractivity contribution in [2.24, 2.45) is 0 Å². The molecule has 2 aliphatic rings. The molecule has 3 aromatic carbocycles. The average molecular weight is 600 g/mol. The second-order valence-electron chi connectivity index (χ2n) is 11.0. The highest BCUT2D eigenvalue weighted by Gasteiger charge is 2.44. The van der Waals surface area contributed by atoms with Gasteiger partial charge in [-0.2, -0.15) is 4.98 Å². The number of oxazole rings is 1. The molecule has 0 amide bonds. The van der Waals surface area contributed by atoms with Crippen LogP contribution in [0.4, 0.5) is 11.7 Å². The second kappa shape index (κ2) is 11.9. The maximum Gasteiger partial charge on any atom is 0.298 e. The molecular weight excluding hydrogens is 566 g/mol. The van der Waals surface area contributed by atoms with Crippen molar-refractivity contribution in [3.05, 3.63) is 102 Å². The topological polar surface area (TPSA) is 78.0 Å². The molecule has 2 saturated heterocycles. The second-order valence-corrected chi connectivity index (χ2v) is 11.4. The molecule has 0 unspecified atom stereocenters. The molecule has 7 rings (SSSR count). The van der Waals surface area contributed by atoms with E-state index in [-0.39, 0.29) is 6.10 Å². The highest BCUT2D eigenvalue weighted by atomic mass is 35.5. The van der Waals surface area contributed by atoms with Gasteiger partial charge in [-0.1, -0.05) is 36.7 Å². The van der Waals surface area contributed by atoms with Crippen molar-refractivity contribution >= 4 is 34.4 Å². The zero-order chi connectivity index (χ0) is 29.2. The molecule has 2 fully saturated rings. The third-order valence-electron chi connectivity index (χ3n) is 8.13. The molecule has 0 spiro atoms. The smallest absolute Gasteiger partial charge is 0.298 e. The summed E-state index contributed by atoms with van der Waals surface area (Å²) in [5.74, 6) is -0.149. The SMILES string of the molecule is CCc1ccc2oc(N3CCN(c4ccc(OC[C@@H]5CO[C@@](Cn6ccnc6)(c6ccc(Cl)cc6)O5)cc4)CC3)nc2c1. The van der Waals surface area contributed by atoms with Crippen molar-refractivity contribution in [2.45, 2.75) is 31.8 Å². The lowest BCUT2D eigenvalue weighted by atomic mass is 10.1. The summed E-state index contributed by atoms with van der Waals surface area (Å²) in [6, 6.07) is 22.8. The zero-order valence-electron chi connectivity index (χ0n) is 24.1. The van der Waals surface area contributed by atoms with E-state index in [2.05, 4.69) is 46.0 Å². The number of rotatable bonds is 9. The van der Waals surface area contributed by atoms with Gasteiger partial charge in [0.25, 0.3) is 6.01 Å². The molecule has 2 atom stereocenters. The van der Waals surface area contributed by atoms with E-state index >= 15 is 0 Å². The largest absolute Gasteiger partial charge is 0.491 e. The van der Waals surface area contributed by atoms with Gasteiger partial charge >= 0.3 is 0 Å². The summed E-state index contributed by atoms with van der Waals surface area (Å²) < 4.78 is 26.9. The van der Waals surface area contributed by atoms with Gasteiger partial charge in [-0.15, -0.1) is 0 Å². The molecule has 10 heteroatoms. The fourth-order valence-corrected chi connectivity index (χ4v) is 5.84. The number of anilines is 2. The number of halogens is 1. The summed E-state index contributed by atoms with van der Waals surface area (Å²) in [5, 5.41) is 0.665. The van der Waals surface area contributed by atoms with Gasteiger partial charge in [-0.3, -0.25) is 0 Å². The Morgan fingerprint density at radius 1 is 0.977 bits per heavy atom. The predicted molar refractivity (Wildman–Crippen MR) is 166 cm³/mol. The molecule has 9 nitrogen and oxygen atoms in total. The molecule has 2 aromatic heterocycles. The van der Waals surface area contributed by atoms with Gasteiger partial charge in [0.1, 0.15) is 24.0 Å². The molecule has 0 aliphatic carbocycles. The Bertz CT molecular complexity index is 1650. The van der Waals surface area contributed by atoms with Crippen LogP contribution in [0.5, 0.6) is 5.75 Å². The Balaban J connectivity index is 0.940. The first kappa shape index (κ1) is 27.8. The van der Waals surface area contributed by atoms with E-state index in [0.717, 1.165) is 55.0 Å². The number of hydrogen-bond acceptors (Lipinski definition) is 8. The van der Waals surface area contributed by atoms with Gasteiger partial charge in [0, 0.05) is 54.8 Å². The van der Waals surface area contributed by atoms with E-state index in [1.165, 1.54) is 11.3 Å². The summed E-state index contributed by atoms with van der Waals surface area (Å²) in [7, 11) is 0. The van der Waals surface area contributed by atoms with Crippen LogP contribution in [0.3, 0.4) is 0 Å². The Morgan fingerprint density at radius 3 is 2.51 bits per heavy atom. The number of hydrogen-bond donors (Lipinski definition) is 0. The molecule has 43 heavy (non-hydrogen) atoms. The summed E-state index contributed by atoms with van der Waals surface area (Å²) in [4.78, 5) is 13.5. The third kappa shape index (κ3) is 5.93. The summed E-state index contributed by atoms with van der Waals surface area (Å²) in [6.07, 6.45) is 6.16. The number of benzene rings is 3. The van der Waals surface area contributed by atoms with Gasteiger partial charge in [0.05, 0.1) is 19.5 Å². The molecule has 0 radical (unpaired) electrons. The molecule has 2 aliphatic heterocycles. The number of fused-ring (bicyclic) bond motifs is 1. The standard InChI is InChI=1S/C33H34ClN5O4/c1-2-24-3-12-31-30(19-24)36-32(42-31)39-17-15-38(16-18-39)27-8-10-28(11-9-27)40-20-29-21-41-33(43-29,22-37-14-13-35-23-37)25-4-6-26(34)7-5-25/h3-14,19,23,29H,2,15-18,20-22H2,1H3/t29-,33-/m1/s1. The molecule has 222 valence electrons. The van der Waals surface area contributed by atoms with Gasteiger partial charge in [-0.05, 0) is 60.5 Å². The first-order chi connectivity index (χ1) is 21.1. The number of aryl methyl sites for hydroxylation is 1. The molecule has 5 aromatic rings. The lowest BCUT2D eigenvalue weighted by Gasteiger charge is -2.35. The van der Waals surface area contributed by atoms with Gasteiger partial charge in [0.15, 0.2) is 5.58 Å². The van der Waals surface area contributed by atoms with Crippen molar-refractivity contribution in [1.29, 1.82) is 0 Å². The molecule has 4 heterocycles. The van der Waals surface area contributed by atoms with Crippen molar-refractivity contribution in [3.63, 3.8) is 0 Å². The molecule has 0 N–H and O–H groups in total. The monoisotopic (exact) mass is 599 g/mol. The van der Waals surface area contributed by atoms with E-state index in [1.54, 1.807) is 12.5 Å². The van der Waals surface area contributed by atoms with E-state index in [9.17, 15) is 0 Å². The summed E-state index contributed by atoms with van der Waals surface area (Å²) >= 11 is 6.14. The third-order valence-corrected chi connectivity index (χ3v) is 8.38. The number of ether oxygens (including phenoxy) is 3. The maximum atomic E-state index is 6.50. The normalized spacial score (nSPS) is 20.7. The van der Waals surface area contributed by atoms with Crippen LogP contribution in [0.2, 0.25) is 5.02 Å². The van der Waals surface area contributed by atoms with Gasteiger partial charge in [0.2, 0.25) is 5.79 Å². The minimum atomic E-state index is -0.943. The number of piperazine rings is 1. The Morgan fingerprint density at radius 2 is 1.77 bits per heavy atom. The van der Waals surface area contributed by atoms with Crippen molar-refractivity contribution in [3.8, 4) is 5.75 Å². The maximum absolute atomic E-state index is 6.50. The molecule has 0 bridgehead atoms. The Kier molecular flexibility index (Phi) is 7.69. The lowest BCUT2D eigenvalue weighted by molar-refractivity contribution is -0.189. The molecule has 0 saturated carbocycles. The van der Waals surface area contributed by atoms with Crippen LogP contribution in [0.25, 0.3) is 11.1 Å². The fourth-order valence-electron chi connectivity index (χ4n) is 5.71. The van der Waals surface area contributed by atoms with Gasteiger partial charge in [-0.25, -0.2) is 4.98 Å².